The van der Waals surface area contributed by atoms with Gasteiger partial charge in [0.1, 0.15) is 6.04 Å². The van der Waals surface area contributed by atoms with Crippen LogP contribution >= 0.6 is 11.3 Å². The lowest BCUT2D eigenvalue weighted by Gasteiger charge is -2.21. The first-order valence-corrected chi connectivity index (χ1v) is 12.8. The minimum absolute atomic E-state index is 0.0445. The van der Waals surface area contributed by atoms with E-state index in [1.807, 2.05) is 24.4 Å². The summed E-state index contributed by atoms with van der Waals surface area (Å²) in [6, 6.07) is 10.2. The van der Waals surface area contributed by atoms with Crippen LogP contribution in [0, 0.1) is 0 Å². The lowest BCUT2D eigenvalue weighted by molar-refractivity contribution is 0.375. The highest BCUT2D eigenvalue weighted by Crippen LogP contribution is 2.37. The van der Waals surface area contributed by atoms with E-state index in [0.29, 0.717) is 24.2 Å². The summed E-state index contributed by atoms with van der Waals surface area (Å²) in [4.78, 5) is 0.948. The molecule has 0 amide bonds. The van der Waals surface area contributed by atoms with Gasteiger partial charge >= 0.3 is 0 Å². The van der Waals surface area contributed by atoms with Gasteiger partial charge in [0.05, 0.1) is 17.7 Å². The first-order valence-electron chi connectivity index (χ1n) is 8.41. The molecule has 0 aliphatic carbocycles. The lowest BCUT2D eigenvalue weighted by Crippen LogP contribution is -2.28. The molecule has 0 spiro atoms. The van der Waals surface area contributed by atoms with Crippen molar-refractivity contribution in [2.24, 2.45) is 5.10 Å². The number of hydrogen-bond donors (Lipinski definition) is 1. The molecule has 2 aromatic rings. The molecular formula is C17H21N3O4S3. The van der Waals surface area contributed by atoms with Gasteiger partial charge < -0.3 is 0 Å². The van der Waals surface area contributed by atoms with E-state index in [1.165, 1.54) is 15.8 Å². The predicted molar refractivity (Wildman–Crippen MR) is 109 cm³/mol. The number of rotatable bonds is 7. The molecule has 3 rings (SSSR count). The topological polar surface area (TPSA) is 95.9 Å². The molecule has 2 heterocycles. The van der Waals surface area contributed by atoms with E-state index < -0.39 is 20.0 Å². The second-order valence-electron chi connectivity index (χ2n) is 6.32. The van der Waals surface area contributed by atoms with Crippen LogP contribution in [0.25, 0.3) is 0 Å². The standard InChI is InChI=1S/C17H21N3O4S3/c1-3-11-27(23,24)20-16(17-5-4-10-25-17)12-15(18-20)13-6-8-14(9-7-13)19-26(2,21)22/h4-10,16,19H,3,11-12H2,1-2H3/t16-/m0/s1. The van der Waals surface area contributed by atoms with Gasteiger partial charge in [0.15, 0.2) is 0 Å². The highest BCUT2D eigenvalue weighted by Gasteiger charge is 2.36. The maximum Gasteiger partial charge on any atom is 0.250 e. The summed E-state index contributed by atoms with van der Waals surface area (Å²) in [5.41, 5.74) is 1.88. The quantitative estimate of drug-likeness (QED) is 0.735. The van der Waals surface area contributed by atoms with E-state index in [9.17, 15) is 16.8 Å². The summed E-state index contributed by atoms with van der Waals surface area (Å²) in [5, 5.41) is 6.34. The summed E-state index contributed by atoms with van der Waals surface area (Å²) in [6.45, 7) is 1.83. The van der Waals surface area contributed by atoms with Gasteiger partial charge in [0.2, 0.25) is 20.0 Å². The molecule has 0 radical (unpaired) electrons. The Bertz CT molecular complexity index is 1030. The van der Waals surface area contributed by atoms with Crippen LogP contribution in [0.4, 0.5) is 5.69 Å². The van der Waals surface area contributed by atoms with Crippen molar-refractivity contribution in [1.29, 1.82) is 0 Å². The fraction of sp³-hybridized carbons (Fsp3) is 0.353. The van der Waals surface area contributed by atoms with Crippen LogP contribution in [-0.2, 0) is 20.0 Å². The third-order valence-electron chi connectivity index (χ3n) is 4.01. The van der Waals surface area contributed by atoms with Crippen molar-refractivity contribution in [3.63, 3.8) is 0 Å². The number of thiophene rings is 1. The first-order chi connectivity index (χ1) is 12.7. The Morgan fingerprint density at radius 2 is 1.89 bits per heavy atom. The first kappa shape index (κ1) is 19.8. The van der Waals surface area contributed by atoms with Crippen LogP contribution < -0.4 is 4.72 Å². The summed E-state index contributed by atoms with van der Waals surface area (Å²) in [5.74, 6) is 0.0445. The molecule has 1 atom stereocenters. The normalized spacial score (nSPS) is 17.8. The summed E-state index contributed by atoms with van der Waals surface area (Å²) >= 11 is 1.51. The average molecular weight is 428 g/mol. The van der Waals surface area contributed by atoms with Crippen molar-refractivity contribution < 1.29 is 16.8 Å². The van der Waals surface area contributed by atoms with Crippen LogP contribution in [-0.4, -0.2) is 39.0 Å². The molecule has 0 fully saturated rings. The zero-order chi connectivity index (χ0) is 19.7. The molecule has 1 N–H and O–H groups in total. The zero-order valence-corrected chi connectivity index (χ0v) is 17.4. The highest BCUT2D eigenvalue weighted by molar-refractivity contribution is 7.92. The van der Waals surface area contributed by atoms with Crippen LogP contribution in [0.3, 0.4) is 0 Å². The van der Waals surface area contributed by atoms with E-state index in [4.69, 9.17) is 0 Å². The van der Waals surface area contributed by atoms with E-state index in [1.54, 1.807) is 24.3 Å². The largest absolute Gasteiger partial charge is 0.284 e. The second kappa shape index (κ2) is 7.61. The Kier molecular flexibility index (Phi) is 5.59. The van der Waals surface area contributed by atoms with E-state index in [0.717, 1.165) is 16.7 Å². The van der Waals surface area contributed by atoms with E-state index >= 15 is 0 Å². The minimum atomic E-state index is -3.50. The molecule has 146 valence electrons. The van der Waals surface area contributed by atoms with E-state index in [2.05, 4.69) is 9.82 Å². The number of nitrogens with zero attached hydrogens (tertiary/aromatic N) is 2. The van der Waals surface area contributed by atoms with Crippen molar-refractivity contribution >= 4 is 42.8 Å². The van der Waals surface area contributed by atoms with E-state index in [-0.39, 0.29) is 11.8 Å². The summed E-state index contributed by atoms with van der Waals surface area (Å²) in [6.07, 6.45) is 2.08. The zero-order valence-electron chi connectivity index (χ0n) is 15.0. The Hall–Kier alpha value is -1.91. The van der Waals surface area contributed by atoms with Crippen molar-refractivity contribution in [3.8, 4) is 0 Å². The molecule has 0 unspecified atom stereocenters. The molecular weight excluding hydrogens is 406 g/mol. The van der Waals surface area contributed by atoms with Gasteiger partial charge in [-0.15, -0.1) is 11.3 Å². The molecule has 0 saturated carbocycles. The monoisotopic (exact) mass is 427 g/mol. The third kappa shape index (κ3) is 4.69. The van der Waals surface area contributed by atoms with Crippen molar-refractivity contribution in [3.05, 3.63) is 52.2 Å². The maximum absolute atomic E-state index is 12.7. The number of hydrazone groups is 1. The number of benzene rings is 1. The van der Waals surface area contributed by atoms with Crippen LogP contribution in [0.2, 0.25) is 0 Å². The van der Waals surface area contributed by atoms with Gasteiger partial charge in [0, 0.05) is 17.0 Å². The lowest BCUT2D eigenvalue weighted by atomic mass is 10.0. The van der Waals surface area contributed by atoms with Gasteiger partial charge in [-0.2, -0.15) is 9.52 Å². The Morgan fingerprint density at radius 3 is 2.44 bits per heavy atom. The molecule has 1 aromatic heterocycles. The molecule has 0 bridgehead atoms. The number of hydrogen-bond acceptors (Lipinski definition) is 6. The van der Waals surface area contributed by atoms with Gasteiger partial charge in [-0.05, 0) is 35.6 Å². The van der Waals surface area contributed by atoms with Crippen LogP contribution in [0.5, 0.6) is 0 Å². The van der Waals surface area contributed by atoms with Crippen LogP contribution in [0.15, 0.2) is 46.9 Å². The van der Waals surface area contributed by atoms with Gasteiger partial charge in [-0.3, -0.25) is 4.72 Å². The Labute approximate surface area is 163 Å². The van der Waals surface area contributed by atoms with Crippen molar-refractivity contribution in [1.82, 2.24) is 4.41 Å². The molecule has 0 saturated heterocycles. The maximum atomic E-state index is 12.7. The van der Waals surface area contributed by atoms with Gasteiger partial charge in [0.25, 0.3) is 0 Å². The fourth-order valence-electron chi connectivity index (χ4n) is 2.91. The minimum Gasteiger partial charge on any atom is -0.284 e. The molecule has 1 aromatic carbocycles. The fourth-order valence-corrected chi connectivity index (χ4v) is 5.85. The number of anilines is 1. The molecule has 10 heteroatoms. The summed E-state index contributed by atoms with van der Waals surface area (Å²) < 4.78 is 51.6. The molecule has 27 heavy (non-hydrogen) atoms. The van der Waals surface area contributed by atoms with Gasteiger partial charge in [-0.25, -0.2) is 16.8 Å². The summed E-state index contributed by atoms with van der Waals surface area (Å²) in [7, 11) is -6.85. The SMILES string of the molecule is CCCS(=O)(=O)N1N=C(c2ccc(NS(C)(=O)=O)cc2)C[C@H]1c1cccs1. The molecule has 1 aliphatic heterocycles. The van der Waals surface area contributed by atoms with Crippen LogP contribution in [0.1, 0.15) is 36.2 Å². The third-order valence-corrected chi connectivity index (χ3v) is 7.42. The average Bonchev–Trinajstić information content (AvgIpc) is 3.24. The highest BCUT2D eigenvalue weighted by atomic mass is 32.2. The number of sulfonamides is 2. The predicted octanol–water partition coefficient (Wildman–Crippen LogP) is 3.01. The second-order valence-corrected chi connectivity index (χ2v) is 11.0. The van der Waals surface area contributed by atoms with Crippen molar-refractivity contribution in [2.45, 2.75) is 25.8 Å². The number of nitrogens with one attached hydrogen (secondary N) is 1. The Morgan fingerprint density at radius 1 is 1.19 bits per heavy atom. The smallest absolute Gasteiger partial charge is 0.250 e. The van der Waals surface area contributed by atoms with Crippen molar-refractivity contribution in [2.75, 3.05) is 16.7 Å². The molecule has 1 aliphatic rings. The Balaban J connectivity index is 1.91. The van der Waals surface area contributed by atoms with Gasteiger partial charge in [-0.1, -0.05) is 25.1 Å². The molecule has 7 nitrogen and oxygen atoms in total.